The number of fused-ring (bicyclic) bond motifs is 1. The van der Waals surface area contributed by atoms with Gasteiger partial charge >= 0.3 is 6.18 Å². The molecule has 0 atom stereocenters. The van der Waals surface area contributed by atoms with Gasteiger partial charge in [0.1, 0.15) is 23.9 Å². The summed E-state index contributed by atoms with van der Waals surface area (Å²) in [6.07, 6.45) is -1.57. The van der Waals surface area contributed by atoms with Gasteiger partial charge in [-0.15, -0.1) is 0 Å². The number of ether oxygens (including phenoxy) is 1. The number of pyridine rings is 2. The SMILES string of the molecule is Cc1cc(F)cnc1Nc1nn(CC(F)(F)F)c2cc(C(=O)N3CCCOCC3)ncc12. The van der Waals surface area contributed by atoms with Crippen molar-refractivity contribution >= 4 is 28.4 Å². The zero-order valence-electron chi connectivity index (χ0n) is 17.1. The van der Waals surface area contributed by atoms with E-state index in [0.29, 0.717) is 38.3 Å². The van der Waals surface area contributed by atoms with E-state index in [0.717, 1.165) is 10.9 Å². The van der Waals surface area contributed by atoms with E-state index in [1.807, 2.05) is 0 Å². The second-order valence-electron chi connectivity index (χ2n) is 7.41. The molecule has 12 heteroatoms. The van der Waals surface area contributed by atoms with E-state index in [4.69, 9.17) is 4.74 Å². The number of alkyl halides is 3. The van der Waals surface area contributed by atoms with Gasteiger partial charge in [0.2, 0.25) is 0 Å². The van der Waals surface area contributed by atoms with E-state index in [2.05, 4.69) is 20.4 Å². The molecule has 1 aliphatic heterocycles. The van der Waals surface area contributed by atoms with Crippen LogP contribution < -0.4 is 5.32 Å². The number of aryl methyl sites for hydroxylation is 1. The zero-order valence-corrected chi connectivity index (χ0v) is 17.1. The van der Waals surface area contributed by atoms with Gasteiger partial charge in [-0.2, -0.15) is 18.3 Å². The van der Waals surface area contributed by atoms with E-state index in [1.165, 1.54) is 18.3 Å². The lowest BCUT2D eigenvalue weighted by Crippen LogP contribution is -2.33. The molecule has 3 aromatic heterocycles. The summed E-state index contributed by atoms with van der Waals surface area (Å²) in [5.74, 6) is -0.609. The number of aromatic nitrogens is 4. The fraction of sp³-hybridized carbons (Fsp3) is 0.400. The predicted octanol–water partition coefficient (Wildman–Crippen LogP) is 3.44. The Morgan fingerprint density at radius 1 is 1.16 bits per heavy atom. The molecule has 1 saturated heterocycles. The lowest BCUT2D eigenvalue weighted by molar-refractivity contribution is -0.141. The van der Waals surface area contributed by atoms with Crippen LogP contribution >= 0.6 is 0 Å². The molecule has 0 spiro atoms. The molecule has 0 radical (unpaired) electrons. The van der Waals surface area contributed by atoms with Crippen LogP contribution in [0.2, 0.25) is 0 Å². The number of hydrogen-bond donors (Lipinski definition) is 1. The molecule has 0 unspecified atom stereocenters. The maximum absolute atomic E-state index is 13.3. The third-order valence-corrected chi connectivity index (χ3v) is 4.98. The van der Waals surface area contributed by atoms with Crippen LogP contribution in [0.15, 0.2) is 24.5 Å². The molecule has 8 nitrogen and oxygen atoms in total. The summed E-state index contributed by atoms with van der Waals surface area (Å²) < 4.78 is 59.0. The van der Waals surface area contributed by atoms with Gasteiger partial charge in [0.15, 0.2) is 5.82 Å². The van der Waals surface area contributed by atoms with Crippen LogP contribution in [0, 0.1) is 12.7 Å². The van der Waals surface area contributed by atoms with Crippen molar-refractivity contribution in [2.24, 2.45) is 0 Å². The minimum atomic E-state index is -4.53. The molecule has 4 rings (SSSR count). The van der Waals surface area contributed by atoms with Crippen molar-refractivity contribution in [2.45, 2.75) is 26.1 Å². The molecular weight excluding hydrogens is 432 g/mol. The summed E-state index contributed by atoms with van der Waals surface area (Å²) in [5.41, 5.74) is 0.561. The summed E-state index contributed by atoms with van der Waals surface area (Å²) >= 11 is 0. The number of halogens is 4. The minimum absolute atomic E-state index is 0.0189. The van der Waals surface area contributed by atoms with Crippen molar-refractivity contribution in [3.05, 3.63) is 41.6 Å². The first-order valence-electron chi connectivity index (χ1n) is 9.91. The number of hydrogen-bond acceptors (Lipinski definition) is 6. The summed E-state index contributed by atoms with van der Waals surface area (Å²) in [5, 5.41) is 7.14. The first-order chi connectivity index (χ1) is 15.2. The largest absolute Gasteiger partial charge is 0.408 e. The Kier molecular flexibility index (Phi) is 5.96. The van der Waals surface area contributed by atoms with E-state index in [1.54, 1.807) is 11.8 Å². The Morgan fingerprint density at radius 2 is 1.97 bits per heavy atom. The van der Waals surface area contributed by atoms with Crippen LogP contribution in [0.25, 0.3) is 10.9 Å². The van der Waals surface area contributed by atoms with Crippen molar-refractivity contribution in [1.82, 2.24) is 24.6 Å². The molecule has 32 heavy (non-hydrogen) atoms. The summed E-state index contributed by atoms with van der Waals surface area (Å²) in [7, 11) is 0. The van der Waals surface area contributed by atoms with Gasteiger partial charge in [0.25, 0.3) is 5.91 Å². The Hall–Kier alpha value is -3.28. The molecule has 1 fully saturated rings. The lowest BCUT2D eigenvalue weighted by atomic mass is 10.2. The Morgan fingerprint density at radius 3 is 2.72 bits per heavy atom. The number of anilines is 2. The third-order valence-electron chi connectivity index (χ3n) is 4.98. The first-order valence-corrected chi connectivity index (χ1v) is 9.91. The smallest absolute Gasteiger partial charge is 0.380 e. The summed E-state index contributed by atoms with van der Waals surface area (Å²) in [4.78, 5) is 22.5. The van der Waals surface area contributed by atoms with E-state index in [-0.39, 0.29) is 34.1 Å². The predicted molar refractivity (Wildman–Crippen MR) is 107 cm³/mol. The van der Waals surface area contributed by atoms with Crippen LogP contribution in [0.4, 0.5) is 29.2 Å². The topological polar surface area (TPSA) is 85.2 Å². The highest BCUT2D eigenvalue weighted by Gasteiger charge is 2.30. The quantitative estimate of drug-likeness (QED) is 0.611. The van der Waals surface area contributed by atoms with E-state index in [9.17, 15) is 22.4 Å². The van der Waals surface area contributed by atoms with Gasteiger partial charge in [-0.05, 0) is 31.0 Å². The van der Waals surface area contributed by atoms with Crippen LogP contribution in [0.1, 0.15) is 22.5 Å². The maximum Gasteiger partial charge on any atom is 0.408 e. The molecule has 1 N–H and O–H groups in total. The average molecular weight is 452 g/mol. The number of amides is 1. The highest BCUT2D eigenvalue weighted by atomic mass is 19.4. The fourth-order valence-corrected chi connectivity index (χ4v) is 3.46. The first kappa shape index (κ1) is 21.9. The van der Waals surface area contributed by atoms with E-state index >= 15 is 0 Å². The Balaban J connectivity index is 1.73. The number of nitrogens with one attached hydrogen (secondary N) is 1. The van der Waals surface area contributed by atoms with Crippen LogP contribution in [0.3, 0.4) is 0 Å². The van der Waals surface area contributed by atoms with Crippen molar-refractivity contribution in [2.75, 3.05) is 31.6 Å². The fourth-order valence-electron chi connectivity index (χ4n) is 3.46. The monoisotopic (exact) mass is 452 g/mol. The molecule has 1 amide bonds. The molecule has 170 valence electrons. The molecule has 1 aliphatic rings. The number of rotatable bonds is 4. The minimum Gasteiger partial charge on any atom is -0.380 e. The van der Waals surface area contributed by atoms with Gasteiger partial charge < -0.3 is 15.0 Å². The van der Waals surface area contributed by atoms with Gasteiger partial charge in [-0.25, -0.2) is 9.37 Å². The van der Waals surface area contributed by atoms with Gasteiger partial charge in [-0.3, -0.25) is 14.5 Å². The molecule has 0 aliphatic carbocycles. The standard InChI is InChI=1S/C20H20F4N6O2/c1-12-7-13(21)9-26-17(12)27-18-14-10-25-15(19(31)29-3-2-5-32-6-4-29)8-16(14)30(28-18)11-20(22,23)24/h7-10H,2-6,11H2,1H3,(H,26,27,28). The molecule has 0 saturated carbocycles. The molecule has 0 aromatic carbocycles. The van der Waals surface area contributed by atoms with E-state index < -0.39 is 18.5 Å². The van der Waals surface area contributed by atoms with Crippen molar-refractivity contribution in [1.29, 1.82) is 0 Å². The zero-order chi connectivity index (χ0) is 22.9. The molecule has 4 heterocycles. The molecule has 3 aromatic rings. The van der Waals surface area contributed by atoms with Gasteiger partial charge in [0.05, 0.1) is 23.7 Å². The van der Waals surface area contributed by atoms with Crippen LogP contribution in [0.5, 0.6) is 0 Å². The Labute approximate surface area is 180 Å². The highest BCUT2D eigenvalue weighted by molar-refractivity contribution is 5.98. The van der Waals surface area contributed by atoms with Crippen molar-refractivity contribution in [3.63, 3.8) is 0 Å². The van der Waals surface area contributed by atoms with Crippen LogP contribution in [-0.4, -0.2) is 63.0 Å². The van der Waals surface area contributed by atoms with Gasteiger partial charge in [0, 0.05) is 25.9 Å². The number of nitrogens with zero attached hydrogens (tertiary/aromatic N) is 5. The highest BCUT2D eigenvalue weighted by Crippen LogP contribution is 2.29. The van der Waals surface area contributed by atoms with Crippen LogP contribution in [-0.2, 0) is 11.3 Å². The number of carbonyl (C=O) groups excluding carboxylic acids is 1. The van der Waals surface area contributed by atoms with Crippen molar-refractivity contribution < 1.29 is 27.1 Å². The van der Waals surface area contributed by atoms with Gasteiger partial charge in [-0.1, -0.05) is 0 Å². The summed E-state index contributed by atoms with van der Waals surface area (Å²) in [6.45, 7) is 2.04. The molecular formula is C20H20F4N6O2. The molecule has 0 bridgehead atoms. The number of carbonyl (C=O) groups is 1. The average Bonchev–Trinajstić information content (AvgIpc) is 2.90. The normalized spacial score (nSPS) is 15.1. The second-order valence-corrected chi connectivity index (χ2v) is 7.41. The second kappa shape index (κ2) is 8.69. The maximum atomic E-state index is 13.3. The lowest BCUT2D eigenvalue weighted by Gasteiger charge is -2.19. The third kappa shape index (κ3) is 4.79. The van der Waals surface area contributed by atoms with Crippen molar-refractivity contribution in [3.8, 4) is 0 Å². The summed E-state index contributed by atoms with van der Waals surface area (Å²) in [6, 6.07) is 2.54. The Bertz CT molecular complexity index is 1140.